The quantitative estimate of drug-likeness (QED) is 0.627. The monoisotopic (exact) mass is 412 g/mol. The van der Waals surface area contributed by atoms with Crippen molar-refractivity contribution in [2.75, 3.05) is 0 Å². The number of hydrogen-bond donors (Lipinski definition) is 2. The Morgan fingerprint density at radius 2 is 0.963 bits per heavy atom. The second-order valence-electron chi connectivity index (χ2n) is 6.82. The van der Waals surface area contributed by atoms with E-state index in [0.717, 1.165) is 30.4 Å². The Hall–Kier alpha value is -1.74. The van der Waals surface area contributed by atoms with Crippen molar-refractivity contribution >= 4 is 20.2 Å². The standard InChI is InChI=1S/C19H24O6S2/c1-14(16-6-10-18(11-7-16)26(20,21)22)4-3-5-15(2)17-8-12-19(13-9-17)27(23,24)25/h6-15H,3-5H2,1-2H3,(H,20,21,22)(H,23,24,25). The molecule has 0 saturated heterocycles. The smallest absolute Gasteiger partial charge is 0.282 e. The molecule has 0 spiro atoms. The van der Waals surface area contributed by atoms with Crippen LogP contribution >= 0.6 is 0 Å². The SMILES string of the molecule is CC(CCCC(C)c1ccc(S(=O)(=O)O)cc1)c1ccc(S(=O)(=O)O)cc1. The van der Waals surface area contributed by atoms with Crippen LogP contribution in [0.3, 0.4) is 0 Å². The highest BCUT2D eigenvalue weighted by molar-refractivity contribution is 7.86. The first-order chi connectivity index (χ1) is 12.5. The van der Waals surface area contributed by atoms with Gasteiger partial charge in [-0.3, -0.25) is 9.11 Å². The largest absolute Gasteiger partial charge is 0.294 e. The van der Waals surface area contributed by atoms with Crippen LogP contribution in [0.2, 0.25) is 0 Å². The van der Waals surface area contributed by atoms with E-state index in [4.69, 9.17) is 9.11 Å². The van der Waals surface area contributed by atoms with E-state index in [9.17, 15) is 16.8 Å². The van der Waals surface area contributed by atoms with Gasteiger partial charge >= 0.3 is 0 Å². The average molecular weight is 413 g/mol. The summed E-state index contributed by atoms with van der Waals surface area (Å²) in [6.45, 7) is 4.13. The van der Waals surface area contributed by atoms with Crippen LogP contribution in [0.5, 0.6) is 0 Å². The van der Waals surface area contributed by atoms with E-state index in [1.807, 2.05) is 0 Å². The van der Waals surface area contributed by atoms with Crippen LogP contribution in [0.4, 0.5) is 0 Å². The highest BCUT2D eigenvalue weighted by atomic mass is 32.2. The van der Waals surface area contributed by atoms with Crippen molar-refractivity contribution in [3.05, 3.63) is 59.7 Å². The summed E-state index contributed by atoms with van der Waals surface area (Å²) in [5.74, 6) is 0.490. The van der Waals surface area contributed by atoms with Crippen LogP contribution in [0, 0.1) is 0 Å². The Labute approximate surface area is 160 Å². The minimum absolute atomic E-state index is 0.111. The van der Waals surface area contributed by atoms with Gasteiger partial charge < -0.3 is 0 Å². The molecule has 0 aliphatic carbocycles. The lowest BCUT2D eigenvalue weighted by Gasteiger charge is -2.15. The van der Waals surface area contributed by atoms with Crippen molar-refractivity contribution in [3.63, 3.8) is 0 Å². The maximum atomic E-state index is 11.1. The fourth-order valence-electron chi connectivity index (χ4n) is 3.00. The van der Waals surface area contributed by atoms with Gasteiger partial charge in [-0.05, 0) is 60.1 Å². The Balaban J connectivity index is 1.89. The van der Waals surface area contributed by atoms with Crippen LogP contribution in [0.1, 0.15) is 56.1 Å². The van der Waals surface area contributed by atoms with Gasteiger partial charge in [0.15, 0.2) is 0 Å². The topological polar surface area (TPSA) is 109 Å². The zero-order valence-electron chi connectivity index (χ0n) is 15.2. The molecule has 2 aromatic carbocycles. The molecule has 0 fully saturated rings. The predicted octanol–water partition coefficient (Wildman–Crippen LogP) is 4.26. The lowest BCUT2D eigenvalue weighted by Crippen LogP contribution is -2.01. The summed E-state index contributed by atoms with van der Waals surface area (Å²) in [6, 6.07) is 12.5. The van der Waals surface area contributed by atoms with Crippen LogP contribution in [0.25, 0.3) is 0 Å². The highest BCUT2D eigenvalue weighted by Gasteiger charge is 2.13. The minimum atomic E-state index is -4.17. The number of hydrogen-bond acceptors (Lipinski definition) is 4. The van der Waals surface area contributed by atoms with Crippen LogP contribution in [0.15, 0.2) is 58.3 Å². The third kappa shape index (κ3) is 6.14. The van der Waals surface area contributed by atoms with E-state index in [1.54, 1.807) is 24.3 Å². The molecule has 0 heterocycles. The van der Waals surface area contributed by atoms with E-state index in [-0.39, 0.29) is 21.6 Å². The molecule has 148 valence electrons. The normalized spacial score (nSPS) is 14.7. The summed E-state index contributed by atoms with van der Waals surface area (Å²) in [4.78, 5) is -0.221. The van der Waals surface area contributed by atoms with Gasteiger partial charge in [0.2, 0.25) is 0 Å². The number of benzene rings is 2. The molecule has 6 nitrogen and oxygen atoms in total. The first-order valence-electron chi connectivity index (χ1n) is 8.63. The van der Waals surface area contributed by atoms with Gasteiger partial charge in [0.05, 0.1) is 9.79 Å². The molecule has 0 amide bonds. The first-order valence-corrected chi connectivity index (χ1v) is 11.5. The van der Waals surface area contributed by atoms with Crippen LogP contribution < -0.4 is 0 Å². The molecule has 0 bridgehead atoms. The summed E-state index contributed by atoms with van der Waals surface area (Å²) < 4.78 is 62.4. The van der Waals surface area contributed by atoms with Crippen molar-refractivity contribution in [2.24, 2.45) is 0 Å². The molecule has 8 heteroatoms. The second-order valence-corrected chi connectivity index (χ2v) is 9.66. The highest BCUT2D eigenvalue weighted by Crippen LogP contribution is 2.27. The molecule has 2 rings (SSSR count). The maximum Gasteiger partial charge on any atom is 0.294 e. The van der Waals surface area contributed by atoms with Crippen molar-refractivity contribution in [3.8, 4) is 0 Å². The summed E-state index contributed by atoms with van der Waals surface area (Å²) >= 11 is 0. The molecule has 0 aliphatic heterocycles. The number of rotatable bonds is 8. The van der Waals surface area contributed by atoms with Crippen molar-refractivity contribution in [1.82, 2.24) is 0 Å². The van der Waals surface area contributed by atoms with Gasteiger partial charge in [-0.25, -0.2) is 0 Å². The molecule has 2 atom stereocenters. The third-order valence-electron chi connectivity index (χ3n) is 4.77. The van der Waals surface area contributed by atoms with Gasteiger partial charge in [0.25, 0.3) is 20.2 Å². The Morgan fingerprint density at radius 1 is 0.667 bits per heavy atom. The molecule has 0 radical (unpaired) electrons. The molecule has 2 N–H and O–H groups in total. The lowest BCUT2D eigenvalue weighted by molar-refractivity contribution is 0.481. The molecule has 0 aromatic heterocycles. The Bertz CT molecular complexity index is 880. The minimum Gasteiger partial charge on any atom is -0.282 e. The predicted molar refractivity (Wildman–Crippen MR) is 103 cm³/mol. The first kappa shape index (κ1) is 21.6. The lowest BCUT2D eigenvalue weighted by atomic mass is 9.90. The summed E-state index contributed by atoms with van der Waals surface area (Å²) in [6.07, 6.45) is 2.78. The molecule has 0 aliphatic rings. The van der Waals surface area contributed by atoms with Gasteiger partial charge in [0, 0.05) is 0 Å². The second kappa shape index (κ2) is 8.52. The molecule has 0 saturated carbocycles. The Kier molecular flexibility index (Phi) is 6.80. The van der Waals surface area contributed by atoms with Crippen molar-refractivity contribution in [1.29, 1.82) is 0 Å². The molecule has 27 heavy (non-hydrogen) atoms. The zero-order valence-corrected chi connectivity index (χ0v) is 16.9. The van der Waals surface area contributed by atoms with Crippen LogP contribution in [-0.2, 0) is 20.2 Å². The third-order valence-corrected chi connectivity index (χ3v) is 6.50. The summed E-state index contributed by atoms with van der Waals surface area (Å²) in [7, 11) is -8.34. The maximum absolute atomic E-state index is 11.1. The molecular formula is C19H24O6S2. The fourth-order valence-corrected chi connectivity index (χ4v) is 3.96. The Morgan fingerprint density at radius 3 is 1.22 bits per heavy atom. The van der Waals surface area contributed by atoms with Crippen LogP contribution in [-0.4, -0.2) is 25.9 Å². The van der Waals surface area contributed by atoms with Gasteiger partial charge in [-0.2, -0.15) is 16.8 Å². The van der Waals surface area contributed by atoms with E-state index in [0.29, 0.717) is 0 Å². The van der Waals surface area contributed by atoms with E-state index in [1.165, 1.54) is 24.3 Å². The van der Waals surface area contributed by atoms with Crippen molar-refractivity contribution in [2.45, 2.75) is 54.7 Å². The molecule has 2 unspecified atom stereocenters. The zero-order chi connectivity index (χ0) is 20.2. The van der Waals surface area contributed by atoms with Gasteiger partial charge in [-0.15, -0.1) is 0 Å². The summed E-state index contributed by atoms with van der Waals surface area (Å²) in [5.41, 5.74) is 2.01. The van der Waals surface area contributed by atoms with E-state index in [2.05, 4.69) is 13.8 Å². The fraction of sp³-hybridized carbons (Fsp3) is 0.368. The molecular weight excluding hydrogens is 388 g/mol. The van der Waals surface area contributed by atoms with E-state index < -0.39 is 20.2 Å². The van der Waals surface area contributed by atoms with Crippen molar-refractivity contribution < 1.29 is 25.9 Å². The summed E-state index contributed by atoms with van der Waals surface area (Å²) in [5, 5.41) is 0. The van der Waals surface area contributed by atoms with Gasteiger partial charge in [-0.1, -0.05) is 44.5 Å². The average Bonchev–Trinajstić information content (AvgIpc) is 2.60. The molecule has 2 aromatic rings. The van der Waals surface area contributed by atoms with E-state index >= 15 is 0 Å². The van der Waals surface area contributed by atoms with Gasteiger partial charge in [0.1, 0.15) is 0 Å².